The molecule has 0 spiro atoms. The average molecular weight is 235 g/mol. The second-order valence-corrected chi connectivity index (χ2v) is 3.89. The Labute approximate surface area is 91.7 Å². The summed E-state index contributed by atoms with van der Waals surface area (Å²) in [7, 11) is 1.64. The Morgan fingerprint density at radius 3 is 3.00 bits per heavy atom. The molecule has 1 N–H and O–H groups in total. The Bertz CT molecular complexity index is 299. The first-order valence-electron chi connectivity index (χ1n) is 4.01. The van der Waals surface area contributed by atoms with Crippen LogP contribution in [0.2, 0.25) is 5.15 Å². The number of thioether (sulfide) groups is 1. The Kier molecular flexibility index (Phi) is 5.17. The van der Waals surface area contributed by atoms with E-state index in [9.17, 15) is 0 Å². The van der Waals surface area contributed by atoms with Crippen molar-refractivity contribution in [1.29, 1.82) is 0 Å². The van der Waals surface area contributed by atoms with Gasteiger partial charge in [0.25, 0.3) is 0 Å². The molecule has 0 saturated heterocycles. The quantitative estimate of drug-likeness (QED) is 0.474. The van der Waals surface area contributed by atoms with Crippen molar-refractivity contribution in [3.05, 3.63) is 17.0 Å². The van der Waals surface area contributed by atoms with Crippen molar-refractivity contribution in [2.75, 3.05) is 19.5 Å². The van der Waals surface area contributed by atoms with Crippen LogP contribution in [0, 0.1) is 0 Å². The summed E-state index contributed by atoms with van der Waals surface area (Å²) in [6, 6.07) is 0. The van der Waals surface area contributed by atoms with E-state index in [-0.39, 0.29) is 6.61 Å². The van der Waals surface area contributed by atoms with Gasteiger partial charge in [-0.3, -0.25) is 0 Å². The molecule has 0 unspecified atom stereocenters. The summed E-state index contributed by atoms with van der Waals surface area (Å²) in [5.74, 6) is 0.775. The van der Waals surface area contributed by atoms with Gasteiger partial charge < -0.3 is 9.84 Å². The predicted molar refractivity (Wildman–Crippen MR) is 55.6 cm³/mol. The molecule has 1 aromatic heterocycles. The minimum atomic E-state index is -0.144. The van der Waals surface area contributed by atoms with E-state index < -0.39 is 0 Å². The smallest absolute Gasteiger partial charge is 0.139 e. The minimum absolute atomic E-state index is 0.144. The maximum Gasteiger partial charge on any atom is 0.139 e. The fraction of sp³-hybridized carbons (Fsp3) is 0.500. The van der Waals surface area contributed by atoms with Crippen molar-refractivity contribution >= 4 is 23.4 Å². The van der Waals surface area contributed by atoms with Gasteiger partial charge in [0.05, 0.1) is 13.2 Å². The zero-order valence-corrected chi connectivity index (χ0v) is 9.31. The molecule has 6 heteroatoms. The molecular formula is C8H11ClN2O2S. The van der Waals surface area contributed by atoms with E-state index in [0.717, 1.165) is 5.75 Å². The number of aliphatic hydroxyl groups is 1. The fourth-order valence-corrected chi connectivity index (χ4v) is 2.00. The van der Waals surface area contributed by atoms with Gasteiger partial charge in [0.2, 0.25) is 0 Å². The van der Waals surface area contributed by atoms with Crippen LogP contribution in [-0.2, 0) is 11.3 Å². The monoisotopic (exact) mass is 234 g/mol. The summed E-state index contributed by atoms with van der Waals surface area (Å²) in [4.78, 5) is 7.82. The van der Waals surface area contributed by atoms with Crippen LogP contribution < -0.4 is 0 Å². The van der Waals surface area contributed by atoms with Crippen LogP contribution in [-0.4, -0.2) is 34.5 Å². The largest absolute Gasteiger partial charge is 0.391 e. The summed E-state index contributed by atoms with van der Waals surface area (Å²) >= 11 is 7.28. The second-order valence-electron chi connectivity index (χ2n) is 2.45. The van der Waals surface area contributed by atoms with Crippen molar-refractivity contribution in [2.45, 2.75) is 11.6 Å². The van der Waals surface area contributed by atoms with Crippen LogP contribution in [0.3, 0.4) is 0 Å². The third kappa shape index (κ3) is 3.09. The topological polar surface area (TPSA) is 55.2 Å². The molecule has 0 bridgehead atoms. The summed E-state index contributed by atoms with van der Waals surface area (Å²) in [6.07, 6.45) is 1.39. The van der Waals surface area contributed by atoms with E-state index in [1.807, 2.05) is 0 Å². The molecule has 0 aliphatic heterocycles. The van der Waals surface area contributed by atoms with Crippen LogP contribution in [0.4, 0.5) is 0 Å². The lowest BCUT2D eigenvalue weighted by Gasteiger charge is -2.05. The number of rotatable bonds is 5. The van der Waals surface area contributed by atoms with Crippen molar-refractivity contribution in [3.63, 3.8) is 0 Å². The van der Waals surface area contributed by atoms with E-state index in [4.69, 9.17) is 21.4 Å². The number of hydrogen-bond acceptors (Lipinski definition) is 5. The maximum absolute atomic E-state index is 9.05. The van der Waals surface area contributed by atoms with Gasteiger partial charge in [-0.1, -0.05) is 11.6 Å². The molecule has 1 rings (SSSR count). The highest BCUT2D eigenvalue weighted by atomic mass is 35.5. The summed E-state index contributed by atoms with van der Waals surface area (Å²) in [5.41, 5.74) is 0.579. The fourth-order valence-electron chi connectivity index (χ4n) is 0.855. The Morgan fingerprint density at radius 2 is 2.36 bits per heavy atom. The lowest BCUT2D eigenvalue weighted by Crippen LogP contribution is -1.98. The van der Waals surface area contributed by atoms with Crippen LogP contribution in [0.25, 0.3) is 0 Å². The molecule has 0 amide bonds. The predicted octanol–water partition coefficient (Wildman–Crippen LogP) is 1.36. The summed E-state index contributed by atoms with van der Waals surface area (Å²) < 4.78 is 4.91. The third-order valence-corrected chi connectivity index (χ3v) is 2.86. The van der Waals surface area contributed by atoms with E-state index >= 15 is 0 Å². The summed E-state index contributed by atoms with van der Waals surface area (Å²) in [6.45, 7) is 0.492. The Morgan fingerprint density at radius 1 is 1.57 bits per heavy atom. The molecule has 14 heavy (non-hydrogen) atoms. The first-order chi connectivity index (χ1) is 6.79. The minimum Gasteiger partial charge on any atom is -0.391 e. The molecule has 1 heterocycles. The number of ether oxygens (including phenoxy) is 1. The molecule has 0 fully saturated rings. The molecule has 0 aliphatic rings. The molecule has 0 aromatic carbocycles. The standard InChI is InChI=1S/C8H11ClN2O2S/c1-13-2-3-14-8-6(4-12)7(9)10-5-11-8/h5,12H,2-4H2,1H3. The Balaban J connectivity index is 2.70. The van der Waals surface area contributed by atoms with Crippen LogP contribution in [0.1, 0.15) is 5.56 Å². The number of methoxy groups -OCH3 is 1. The normalized spacial score (nSPS) is 10.5. The third-order valence-electron chi connectivity index (χ3n) is 1.54. The molecule has 0 saturated carbocycles. The molecular weight excluding hydrogens is 224 g/mol. The van der Waals surface area contributed by atoms with Crippen LogP contribution >= 0.6 is 23.4 Å². The van der Waals surface area contributed by atoms with Gasteiger partial charge in [-0.05, 0) is 0 Å². The number of nitrogens with zero attached hydrogens (tertiary/aromatic N) is 2. The lowest BCUT2D eigenvalue weighted by molar-refractivity contribution is 0.218. The van der Waals surface area contributed by atoms with Crippen molar-refractivity contribution in [1.82, 2.24) is 9.97 Å². The van der Waals surface area contributed by atoms with Crippen LogP contribution in [0.5, 0.6) is 0 Å². The zero-order chi connectivity index (χ0) is 10.4. The highest BCUT2D eigenvalue weighted by molar-refractivity contribution is 7.99. The van der Waals surface area contributed by atoms with Gasteiger partial charge in [0.15, 0.2) is 0 Å². The number of aliphatic hydroxyl groups excluding tert-OH is 1. The SMILES string of the molecule is COCCSc1ncnc(Cl)c1CO. The number of hydrogen-bond donors (Lipinski definition) is 1. The molecule has 78 valence electrons. The first kappa shape index (κ1) is 11.7. The average Bonchev–Trinajstić information content (AvgIpc) is 2.18. The van der Waals surface area contributed by atoms with Gasteiger partial charge in [0, 0.05) is 18.4 Å². The molecule has 1 aromatic rings. The van der Waals surface area contributed by atoms with Gasteiger partial charge in [-0.25, -0.2) is 9.97 Å². The number of halogens is 1. The van der Waals surface area contributed by atoms with Crippen molar-refractivity contribution < 1.29 is 9.84 Å². The highest BCUT2D eigenvalue weighted by Gasteiger charge is 2.08. The van der Waals surface area contributed by atoms with E-state index in [1.54, 1.807) is 7.11 Å². The highest BCUT2D eigenvalue weighted by Crippen LogP contribution is 2.24. The van der Waals surface area contributed by atoms with Gasteiger partial charge in [-0.2, -0.15) is 0 Å². The molecule has 0 aliphatic carbocycles. The van der Waals surface area contributed by atoms with Gasteiger partial charge >= 0.3 is 0 Å². The second kappa shape index (κ2) is 6.19. The van der Waals surface area contributed by atoms with E-state index in [1.165, 1.54) is 18.1 Å². The van der Waals surface area contributed by atoms with Crippen molar-refractivity contribution in [2.24, 2.45) is 0 Å². The maximum atomic E-state index is 9.05. The van der Waals surface area contributed by atoms with Gasteiger partial charge in [-0.15, -0.1) is 11.8 Å². The molecule has 0 radical (unpaired) electrons. The van der Waals surface area contributed by atoms with Crippen molar-refractivity contribution in [3.8, 4) is 0 Å². The molecule has 4 nitrogen and oxygen atoms in total. The number of aromatic nitrogens is 2. The van der Waals surface area contributed by atoms with Gasteiger partial charge in [0.1, 0.15) is 16.5 Å². The zero-order valence-electron chi connectivity index (χ0n) is 7.73. The van der Waals surface area contributed by atoms with E-state index in [2.05, 4.69) is 9.97 Å². The van der Waals surface area contributed by atoms with E-state index in [0.29, 0.717) is 22.3 Å². The Hall–Kier alpha value is -0.360. The summed E-state index contributed by atoms with van der Waals surface area (Å²) in [5, 5.41) is 10.1. The first-order valence-corrected chi connectivity index (χ1v) is 5.38. The lowest BCUT2D eigenvalue weighted by atomic mass is 10.4. The molecule has 0 atom stereocenters. The van der Waals surface area contributed by atoms with Crippen LogP contribution in [0.15, 0.2) is 11.4 Å².